The number of hydrogen-bond acceptors (Lipinski definition) is 14. The van der Waals surface area contributed by atoms with Crippen LogP contribution in [0, 0.1) is 17.0 Å². The Morgan fingerprint density at radius 1 is 0.800 bits per heavy atom. The van der Waals surface area contributed by atoms with Crippen molar-refractivity contribution in [2.45, 2.75) is 58.4 Å². The minimum atomic E-state index is -5.12. The summed E-state index contributed by atoms with van der Waals surface area (Å²) in [6, 6.07) is 12.7. The Kier molecular flexibility index (Phi) is 25.3. The molecule has 0 unspecified atom stereocenters. The van der Waals surface area contributed by atoms with Crippen LogP contribution >= 0.6 is 11.8 Å². The number of benzene rings is 2. The summed E-state index contributed by atoms with van der Waals surface area (Å²) in [7, 11) is 0. The van der Waals surface area contributed by atoms with Crippen LogP contribution in [0.4, 0.5) is 22.0 Å². The van der Waals surface area contributed by atoms with Crippen molar-refractivity contribution in [1.29, 1.82) is 0 Å². The normalized spacial score (nSPS) is 13.4. The van der Waals surface area contributed by atoms with Crippen LogP contribution in [-0.4, -0.2) is 165 Å². The minimum Gasteiger partial charge on any atom is -0.432 e. The molecular formula is C50H64F5N7O12S. The van der Waals surface area contributed by atoms with E-state index in [0.717, 1.165) is 52.6 Å². The van der Waals surface area contributed by atoms with Gasteiger partial charge in [-0.15, -0.1) is 11.8 Å². The Morgan fingerprint density at radius 2 is 1.43 bits per heavy atom. The number of carbonyl (C=O) groups is 7. The van der Waals surface area contributed by atoms with Gasteiger partial charge in [0.1, 0.15) is 24.2 Å². The summed E-state index contributed by atoms with van der Waals surface area (Å²) in [6.45, 7) is 5.38. The monoisotopic (exact) mass is 1080 g/mol. The van der Waals surface area contributed by atoms with Crippen LogP contribution in [0.15, 0.2) is 72.9 Å². The van der Waals surface area contributed by atoms with Gasteiger partial charge in [-0.1, -0.05) is 51.1 Å². The van der Waals surface area contributed by atoms with E-state index in [1.807, 2.05) is 55.7 Å². The van der Waals surface area contributed by atoms with Crippen LogP contribution in [0.3, 0.4) is 0 Å². The molecule has 0 radical (unpaired) electrons. The predicted octanol–water partition coefficient (Wildman–Crippen LogP) is 3.64. The first-order valence-corrected chi connectivity index (χ1v) is 25.0. The number of carbonyl (C=O) groups excluding carboxylic acids is 7. The Hall–Kier alpha value is -6.25. The first kappa shape index (κ1) is 61.3. The maximum atomic E-state index is 15.3. The summed E-state index contributed by atoms with van der Waals surface area (Å²) in [6.07, 6.45) is -1.03. The van der Waals surface area contributed by atoms with Crippen molar-refractivity contribution in [2.75, 3.05) is 97.3 Å². The molecule has 1 aliphatic heterocycles. The number of aromatic nitrogens is 1. The maximum Gasteiger partial charge on any atom is 0.491 e. The van der Waals surface area contributed by atoms with Gasteiger partial charge in [-0.05, 0) is 48.2 Å². The van der Waals surface area contributed by atoms with Gasteiger partial charge in [-0.25, -0.2) is 13.6 Å². The highest BCUT2D eigenvalue weighted by Gasteiger charge is 2.41. The van der Waals surface area contributed by atoms with E-state index in [9.17, 15) is 51.1 Å². The van der Waals surface area contributed by atoms with Gasteiger partial charge >= 0.3 is 12.1 Å². The third-order valence-corrected chi connectivity index (χ3v) is 11.9. The Balaban J connectivity index is 1.38. The van der Waals surface area contributed by atoms with Gasteiger partial charge < -0.3 is 54.8 Å². The number of amides is 6. The molecule has 19 nitrogen and oxygen atoms in total. The summed E-state index contributed by atoms with van der Waals surface area (Å²) in [5.74, 6) is -7.26. The minimum absolute atomic E-state index is 0.00681. The van der Waals surface area contributed by atoms with E-state index in [4.69, 9.17) is 24.7 Å². The van der Waals surface area contributed by atoms with Crippen LogP contribution in [0.25, 0.3) is 11.1 Å². The molecule has 0 bridgehead atoms. The van der Waals surface area contributed by atoms with Crippen molar-refractivity contribution < 1.29 is 79.2 Å². The number of rotatable bonds is 33. The van der Waals surface area contributed by atoms with Gasteiger partial charge in [-0.2, -0.15) is 13.2 Å². The van der Waals surface area contributed by atoms with Crippen molar-refractivity contribution >= 4 is 53.2 Å². The molecule has 1 aliphatic rings. The molecule has 2 atom stereocenters. The fourth-order valence-electron chi connectivity index (χ4n) is 7.43. The largest absolute Gasteiger partial charge is 0.491 e. The van der Waals surface area contributed by atoms with Gasteiger partial charge in [0.05, 0.1) is 58.0 Å². The van der Waals surface area contributed by atoms with Crippen molar-refractivity contribution in [1.82, 2.24) is 30.3 Å². The summed E-state index contributed by atoms with van der Waals surface area (Å²) in [4.78, 5) is 90.6. The van der Waals surface area contributed by atoms with E-state index in [1.54, 1.807) is 17.2 Å². The van der Waals surface area contributed by atoms with E-state index in [1.165, 1.54) is 0 Å². The lowest BCUT2D eigenvalue weighted by Gasteiger charge is -2.41. The fraction of sp³-hybridized carbons (Fsp3) is 0.500. The molecule has 0 spiro atoms. The smallest absolute Gasteiger partial charge is 0.432 e. The van der Waals surface area contributed by atoms with E-state index < -0.39 is 84.2 Å². The molecule has 0 saturated heterocycles. The molecule has 75 heavy (non-hydrogen) atoms. The lowest BCUT2D eigenvalue weighted by molar-refractivity contribution is -0.210. The maximum absolute atomic E-state index is 15.3. The zero-order valence-corrected chi connectivity index (χ0v) is 42.7. The number of nitrogens with zero attached hydrogens (tertiary/aromatic N) is 3. The SMILES string of the molecule is CC(C)(C)[C@H](c1cc(-c2cc(F)ccc2F)cn1Cc1ccccc1)N(CCCN)C(=O)CSC[C@H](NC(=O)CCOCCOCCOCCOCOC(=O)C(F)(F)F)C(=O)NCCNC(=O)CN1C(=O)C=CC1=O. The number of imide groups is 1. The standard InChI is InChI=1S/C50H64F5N7O12S/c1-49(2,3)46(40-26-35(37-27-36(51)10-11-38(37)52)29-60(40)28-34-8-5-4-6-9-34)61(18-7-15-56)45(67)32-75-31-39(47(68)58-17-16-57-42(64)30-62-43(65)12-13-44(62)66)59-41(63)14-19-70-20-21-71-22-23-72-24-25-73-33-74-48(69)50(53,54)55/h4-6,8-13,26-27,29,39,46H,7,14-25,28,30-33,56H2,1-3H3,(H,57,64)(H,58,68)(H,59,63)/t39-,46-/m0/s1. The first-order valence-electron chi connectivity index (χ1n) is 23.9. The van der Waals surface area contributed by atoms with Crippen LogP contribution < -0.4 is 21.7 Å². The molecule has 412 valence electrons. The summed E-state index contributed by atoms with van der Waals surface area (Å²) in [5.41, 5.74) is 7.42. The number of nitrogens with one attached hydrogen (secondary N) is 3. The van der Waals surface area contributed by atoms with Crippen molar-refractivity contribution in [3.8, 4) is 11.1 Å². The van der Waals surface area contributed by atoms with Gasteiger partial charge in [0, 0.05) is 73.5 Å². The molecule has 4 rings (SSSR count). The Bertz CT molecular complexity index is 2390. The number of halogens is 5. The van der Waals surface area contributed by atoms with E-state index >= 15 is 4.39 Å². The lowest BCUT2D eigenvalue weighted by Crippen LogP contribution is -2.50. The van der Waals surface area contributed by atoms with Gasteiger partial charge in [0.25, 0.3) is 11.8 Å². The predicted molar refractivity (Wildman–Crippen MR) is 264 cm³/mol. The molecular weight excluding hydrogens is 1020 g/mol. The third kappa shape index (κ3) is 21.1. The van der Waals surface area contributed by atoms with Gasteiger partial charge in [0.2, 0.25) is 23.6 Å². The second kappa shape index (κ2) is 31.0. The number of thioether (sulfide) groups is 1. The second-order valence-electron chi connectivity index (χ2n) is 17.8. The molecule has 0 saturated carbocycles. The number of esters is 1. The zero-order chi connectivity index (χ0) is 55.0. The van der Waals surface area contributed by atoms with Gasteiger partial charge in [-0.3, -0.25) is 33.7 Å². The highest BCUT2D eigenvalue weighted by molar-refractivity contribution is 8.00. The number of ether oxygens (including phenoxy) is 5. The quantitative estimate of drug-likeness (QED) is 0.0224. The van der Waals surface area contributed by atoms with Crippen molar-refractivity contribution in [2.24, 2.45) is 11.1 Å². The Labute approximate surface area is 435 Å². The van der Waals surface area contributed by atoms with Crippen molar-refractivity contribution in [3.05, 3.63) is 95.8 Å². The Morgan fingerprint density at radius 3 is 2.05 bits per heavy atom. The molecule has 2 heterocycles. The number of alkyl halides is 3. The van der Waals surface area contributed by atoms with Crippen LogP contribution in [0.1, 0.15) is 50.9 Å². The average molecular weight is 1080 g/mol. The molecule has 25 heteroatoms. The first-order chi connectivity index (χ1) is 35.7. The third-order valence-electron chi connectivity index (χ3n) is 10.9. The van der Waals surface area contributed by atoms with E-state index in [-0.39, 0.29) is 102 Å². The second-order valence-corrected chi connectivity index (χ2v) is 18.8. The summed E-state index contributed by atoms with van der Waals surface area (Å²) < 4.78 is 92.9. The summed E-state index contributed by atoms with van der Waals surface area (Å²) in [5, 5.41) is 7.86. The van der Waals surface area contributed by atoms with Crippen LogP contribution in [-0.2, 0) is 63.8 Å². The number of nitrogens with two attached hydrogens (primary N) is 1. The highest BCUT2D eigenvalue weighted by atomic mass is 32.2. The van der Waals surface area contributed by atoms with E-state index in [2.05, 4.69) is 20.7 Å². The fourth-order valence-corrected chi connectivity index (χ4v) is 8.35. The van der Waals surface area contributed by atoms with Crippen molar-refractivity contribution in [3.63, 3.8) is 0 Å². The van der Waals surface area contributed by atoms with E-state index in [0.29, 0.717) is 24.2 Å². The molecule has 1 aromatic heterocycles. The summed E-state index contributed by atoms with van der Waals surface area (Å²) >= 11 is 1.09. The van der Waals surface area contributed by atoms with Gasteiger partial charge in [0.15, 0.2) is 6.79 Å². The molecule has 0 fully saturated rings. The number of hydrogen-bond donors (Lipinski definition) is 4. The topological polar surface area (TPSA) is 239 Å². The van der Waals surface area contributed by atoms with Crippen LogP contribution in [0.5, 0.6) is 0 Å². The van der Waals surface area contributed by atoms with Crippen LogP contribution in [0.2, 0.25) is 0 Å². The molecule has 2 aromatic carbocycles. The highest BCUT2D eigenvalue weighted by Crippen LogP contribution is 2.41. The molecule has 3 aromatic rings. The molecule has 0 aliphatic carbocycles. The lowest BCUT2D eigenvalue weighted by atomic mass is 9.83. The molecule has 6 amide bonds. The zero-order valence-electron chi connectivity index (χ0n) is 41.9. The molecule has 5 N–H and O–H groups in total. The average Bonchev–Trinajstić information content (AvgIpc) is 3.91.